The molecule has 0 aliphatic heterocycles. The third kappa shape index (κ3) is 4.48. The minimum Gasteiger partial charge on any atom is -0.342 e. The number of hydrogen-bond acceptors (Lipinski definition) is 2. The molecule has 1 unspecified atom stereocenters. The van der Waals surface area contributed by atoms with Crippen LogP contribution >= 0.6 is 0 Å². The summed E-state index contributed by atoms with van der Waals surface area (Å²) in [6, 6.07) is 0.208. The van der Waals surface area contributed by atoms with Crippen molar-refractivity contribution in [2.75, 3.05) is 13.6 Å². The van der Waals surface area contributed by atoms with Crippen LogP contribution in [0.1, 0.15) is 67.2 Å². The average Bonchev–Trinajstić information content (AvgIpc) is 2.34. The molecule has 0 bridgehead atoms. The highest BCUT2D eigenvalue weighted by atomic mass is 16.2. The first-order valence-corrected chi connectivity index (χ1v) is 7.63. The summed E-state index contributed by atoms with van der Waals surface area (Å²) >= 11 is 0. The second kappa shape index (κ2) is 7.28. The van der Waals surface area contributed by atoms with Gasteiger partial charge in [0.15, 0.2) is 0 Å². The van der Waals surface area contributed by atoms with Crippen molar-refractivity contribution >= 4 is 5.91 Å². The van der Waals surface area contributed by atoms with E-state index in [4.69, 9.17) is 5.73 Å². The Bertz CT molecular complexity index is 275. The van der Waals surface area contributed by atoms with Crippen molar-refractivity contribution < 1.29 is 4.79 Å². The van der Waals surface area contributed by atoms with Gasteiger partial charge in [-0.3, -0.25) is 4.79 Å². The molecule has 0 saturated heterocycles. The molecule has 0 saturated carbocycles. The molecule has 1 amide bonds. The lowest BCUT2D eigenvalue weighted by atomic mass is 9.76. The van der Waals surface area contributed by atoms with Crippen LogP contribution in [0.25, 0.3) is 0 Å². The molecular weight excluding hydrogens is 236 g/mol. The van der Waals surface area contributed by atoms with Crippen molar-refractivity contribution in [2.24, 2.45) is 16.6 Å². The second-order valence-electron chi connectivity index (χ2n) is 6.94. The highest BCUT2D eigenvalue weighted by Gasteiger charge is 2.40. The molecule has 0 aliphatic rings. The Morgan fingerprint density at radius 1 is 1.16 bits per heavy atom. The zero-order valence-corrected chi connectivity index (χ0v) is 14.0. The minimum atomic E-state index is -0.363. The minimum absolute atomic E-state index is 0.0865. The Hall–Kier alpha value is -0.570. The normalized spacial score (nSPS) is 14.3. The van der Waals surface area contributed by atoms with Gasteiger partial charge in [-0.15, -0.1) is 0 Å². The van der Waals surface area contributed by atoms with Gasteiger partial charge in [0, 0.05) is 19.6 Å². The smallest absolute Gasteiger partial charge is 0.230 e. The Morgan fingerprint density at radius 3 is 1.84 bits per heavy atom. The number of carbonyl (C=O) groups is 1. The summed E-state index contributed by atoms with van der Waals surface area (Å²) in [6.07, 6.45) is 3.77. The van der Waals surface area contributed by atoms with Gasteiger partial charge in [0.2, 0.25) is 5.91 Å². The van der Waals surface area contributed by atoms with E-state index < -0.39 is 0 Å². The molecule has 2 N–H and O–H groups in total. The molecule has 3 heteroatoms. The van der Waals surface area contributed by atoms with Crippen molar-refractivity contribution in [1.82, 2.24) is 4.90 Å². The van der Waals surface area contributed by atoms with E-state index in [1.165, 1.54) is 0 Å². The number of amides is 1. The van der Waals surface area contributed by atoms with Crippen LogP contribution in [0.3, 0.4) is 0 Å². The summed E-state index contributed by atoms with van der Waals surface area (Å²) in [7, 11) is 1.92. The third-order valence-corrected chi connectivity index (χ3v) is 4.46. The van der Waals surface area contributed by atoms with Gasteiger partial charge in [-0.1, -0.05) is 47.5 Å². The Labute approximate surface area is 119 Å². The molecule has 0 rings (SSSR count). The van der Waals surface area contributed by atoms with Crippen molar-refractivity contribution in [3.8, 4) is 0 Å². The standard InChI is InChI=1S/C16H34N2O/c1-8-10-16(12-17,11-9-2)14(19)18(7)13(3)15(4,5)6/h13H,8-12,17H2,1-7H3. The van der Waals surface area contributed by atoms with Crippen LogP contribution in [0.5, 0.6) is 0 Å². The maximum atomic E-state index is 12.9. The first kappa shape index (κ1) is 18.4. The summed E-state index contributed by atoms with van der Waals surface area (Å²) in [6.45, 7) is 13.3. The van der Waals surface area contributed by atoms with Gasteiger partial charge in [0.1, 0.15) is 0 Å². The molecule has 114 valence electrons. The van der Waals surface area contributed by atoms with Crippen molar-refractivity contribution in [3.63, 3.8) is 0 Å². The van der Waals surface area contributed by atoms with Crippen LogP contribution in [0, 0.1) is 10.8 Å². The number of nitrogens with zero attached hydrogens (tertiary/aromatic N) is 1. The van der Waals surface area contributed by atoms with E-state index in [-0.39, 0.29) is 22.8 Å². The lowest BCUT2D eigenvalue weighted by molar-refractivity contribution is -0.145. The van der Waals surface area contributed by atoms with Crippen molar-refractivity contribution in [1.29, 1.82) is 0 Å². The van der Waals surface area contributed by atoms with Crippen LogP contribution in [0.2, 0.25) is 0 Å². The molecule has 19 heavy (non-hydrogen) atoms. The van der Waals surface area contributed by atoms with Crippen LogP contribution in [-0.2, 0) is 4.79 Å². The lowest BCUT2D eigenvalue weighted by Gasteiger charge is -2.41. The second-order valence-corrected chi connectivity index (χ2v) is 6.94. The maximum Gasteiger partial charge on any atom is 0.230 e. The number of rotatable bonds is 7. The molecule has 0 spiro atoms. The molecule has 0 aromatic heterocycles. The van der Waals surface area contributed by atoms with Gasteiger partial charge in [-0.2, -0.15) is 0 Å². The van der Waals surface area contributed by atoms with Crippen LogP contribution in [-0.4, -0.2) is 30.4 Å². The highest BCUT2D eigenvalue weighted by Crippen LogP contribution is 2.33. The summed E-state index contributed by atoms with van der Waals surface area (Å²) < 4.78 is 0. The zero-order chi connectivity index (χ0) is 15.3. The number of carbonyl (C=O) groups excluding carboxylic acids is 1. The fraction of sp³-hybridized carbons (Fsp3) is 0.938. The summed E-state index contributed by atoms with van der Waals surface area (Å²) in [5.41, 5.74) is 5.70. The highest BCUT2D eigenvalue weighted by molar-refractivity contribution is 5.83. The first-order chi connectivity index (χ1) is 8.66. The average molecular weight is 270 g/mol. The fourth-order valence-corrected chi connectivity index (χ4v) is 2.72. The molecular formula is C16H34N2O. The predicted molar refractivity (Wildman–Crippen MR) is 83.0 cm³/mol. The predicted octanol–water partition coefficient (Wildman–Crippen LogP) is 3.42. The molecule has 0 heterocycles. The molecule has 0 radical (unpaired) electrons. The maximum absolute atomic E-state index is 12.9. The van der Waals surface area contributed by atoms with Gasteiger partial charge in [-0.05, 0) is 25.2 Å². The van der Waals surface area contributed by atoms with E-state index in [2.05, 4.69) is 41.5 Å². The van der Waals surface area contributed by atoms with E-state index >= 15 is 0 Å². The van der Waals surface area contributed by atoms with Gasteiger partial charge >= 0.3 is 0 Å². The molecule has 0 aromatic rings. The van der Waals surface area contributed by atoms with E-state index in [1.807, 2.05) is 11.9 Å². The number of nitrogens with two attached hydrogens (primary N) is 1. The third-order valence-electron chi connectivity index (χ3n) is 4.46. The van der Waals surface area contributed by atoms with E-state index in [1.54, 1.807) is 0 Å². The van der Waals surface area contributed by atoms with Gasteiger partial charge in [0.05, 0.1) is 5.41 Å². The van der Waals surface area contributed by atoms with E-state index in [0.717, 1.165) is 25.7 Å². The van der Waals surface area contributed by atoms with Gasteiger partial charge < -0.3 is 10.6 Å². The van der Waals surface area contributed by atoms with Crippen molar-refractivity contribution in [3.05, 3.63) is 0 Å². The van der Waals surface area contributed by atoms with E-state index in [9.17, 15) is 4.79 Å². The number of hydrogen-bond donors (Lipinski definition) is 1. The van der Waals surface area contributed by atoms with Gasteiger partial charge in [0.25, 0.3) is 0 Å². The molecule has 3 nitrogen and oxygen atoms in total. The SMILES string of the molecule is CCCC(CN)(CCC)C(=O)N(C)C(C)C(C)(C)C. The monoisotopic (exact) mass is 270 g/mol. The Morgan fingerprint density at radius 2 is 1.58 bits per heavy atom. The summed E-state index contributed by atoms with van der Waals surface area (Å²) in [5.74, 6) is 0.223. The largest absolute Gasteiger partial charge is 0.342 e. The first-order valence-electron chi connectivity index (χ1n) is 7.63. The Balaban J connectivity index is 5.19. The molecule has 0 aromatic carbocycles. The lowest BCUT2D eigenvalue weighted by Crippen LogP contribution is -2.52. The van der Waals surface area contributed by atoms with E-state index in [0.29, 0.717) is 6.54 Å². The molecule has 0 aliphatic carbocycles. The van der Waals surface area contributed by atoms with Crippen LogP contribution < -0.4 is 5.73 Å². The molecule has 1 atom stereocenters. The van der Waals surface area contributed by atoms with Crippen molar-refractivity contribution in [2.45, 2.75) is 73.3 Å². The van der Waals surface area contributed by atoms with Crippen LogP contribution in [0.4, 0.5) is 0 Å². The summed E-state index contributed by atoms with van der Waals surface area (Å²) in [5, 5.41) is 0. The van der Waals surface area contributed by atoms with Gasteiger partial charge in [-0.25, -0.2) is 0 Å². The summed E-state index contributed by atoms with van der Waals surface area (Å²) in [4.78, 5) is 14.8. The molecule has 0 fully saturated rings. The fourth-order valence-electron chi connectivity index (χ4n) is 2.72. The Kier molecular flexibility index (Phi) is 7.06. The quantitative estimate of drug-likeness (QED) is 0.770. The zero-order valence-electron chi connectivity index (χ0n) is 14.0. The van der Waals surface area contributed by atoms with Crippen LogP contribution in [0.15, 0.2) is 0 Å². The topological polar surface area (TPSA) is 46.3 Å².